The Labute approximate surface area is 199 Å². The van der Waals surface area contributed by atoms with Crippen LogP contribution in [-0.4, -0.2) is 41.8 Å². The minimum atomic E-state index is -3.51. The summed E-state index contributed by atoms with van der Waals surface area (Å²) in [7, 11) is -3.51. The number of amides is 1. The highest BCUT2D eigenvalue weighted by Gasteiger charge is 2.22. The summed E-state index contributed by atoms with van der Waals surface area (Å²) in [4.78, 5) is 17.0. The Balaban J connectivity index is 1.57. The van der Waals surface area contributed by atoms with Gasteiger partial charge in [-0.25, -0.2) is 13.4 Å². The number of nitrogens with zero attached hydrogens (tertiary/aromatic N) is 2. The molecular formula is C24H29N3O4S2. The van der Waals surface area contributed by atoms with E-state index in [2.05, 4.69) is 10.3 Å². The van der Waals surface area contributed by atoms with Gasteiger partial charge in [-0.15, -0.1) is 11.3 Å². The molecule has 9 heteroatoms. The van der Waals surface area contributed by atoms with Crippen LogP contribution in [0.25, 0.3) is 11.3 Å². The molecule has 0 unspecified atom stereocenters. The zero-order chi connectivity index (χ0) is 23.8. The fourth-order valence-electron chi connectivity index (χ4n) is 3.40. The zero-order valence-corrected chi connectivity index (χ0v) is 20.5. The van der Waals surface area contributed by atoms with Crippen LogP contribution in [0.2, 0.25) is 0 Å². The van der Waals surface area contributed by atoms with Gasteiger partial charge in [0.25, 0.3) is 0 Å². The molecule has 3 aromatic rings. The van der Waals surface area contributed by atoms with Crippen molar-refractivity contribution >= 4 is 32.4 Å². The number of aromatic nitrogens is 1. The second-order valence-electron chi connectivity index (χ2n) is 7.68. The standard InChI is InChI=1S/C24H29N3O4S2/c1-3-14-27(15-4-2)33(30,31)21-11-8-18(9-12-21)10-13-23(29)26-24-25-22(17-32-24)19-6-5-7-20(28)16-19/h5-9,11-12,16-17,28H,3-4,10,13-15H2,1-2H3,(H,25,26,29). The number of hydrogen-bond donors (Lipinski definition) is 2. The van der Waals surface area contributed by atoms with Gasteiger partial charge >= 0.3 is 0 Å². The van der Waals surface area contributed by atoms with Gasteiger partial charge in [-0.3, -0.25) is 4.79 Å². The van der Waals surface area contributed by atoms with Gasteiger partial charge in [-0.2, -0.15) is 4.31 Å². The average molecular weight is 488 g/mol. The summed E-state index contributed by atoms with van der Waals surface area (Å²) in [6.07, 6.45) is 2.27. The Kier molecular flexibility index (Phi) is 8.60. The summed E-state index contributed by atoms with van der Waals surface area (Å²) in [5.41, 5.74) is 2.35. The Bertz CT molecular complexity index is 1170. The van der Waals surface area contributed by atoms with Gasteiger partial charge in [0.15, 0.2) is 5.13 Å². The van der Waals surface area contributed by atoms with Crippen LogP contribution < -0.4 is 5.32 Å². The lowest BCUT2D eigenvalue weighted by molar-refractivity contribution is -0.116. The minimum Gasteiger partial charge on any atom is -0.508 e. The highest BCUT2D eigenvalue weighted by molar-refractivity contribution is 7.89. The van der Waals surface area contributed by atoms with E-state index >= 15 is 0 Å². The number of aryl methyl sites for hydroxylation is 1. The summed E-state index contributed by atoms with van der Waals surface area (Å²) in [6.45, 7) is 4.93. The number of sulfonamides is 1. The van der Waals surface area contributed by atoms with Gasteiger partial charge in [0.2, 0.25) is 15.9 Å². The monoisotopic (exact) mass is 487 g/mol. The van der Waals surface area contributed by atoms with Crippen molar-refractivity contribution in [3.05, 3.63) is 59.5 Å². The third-order valence-corrected chi connectivity index (χ3v) is 7.71. The molecule has 7 nitrogen and oxygen atoms in total. The summed E-state index contributed by atoms with van der Waals surface area (Å²) < 4.78 is 27.2. The molecule has 0 aliphatic carbocycles. The van der Waals surface area contributed by atoms with Crippen LogP contribution in [0, 0.1) is 0 Å². The third-order valence-electron chi connectivity index (χ3n) is 5.04. The zero-order valence-electron chi connectivity index (χ0n) is 18.8. The molecule has 0 spiro atoms. The average Bonchev–Trinajstić information content (AvgIpc) is 3.26. The molecule has 1 amide bonds. The smallest absolute Gasteiger partial charge is 0.243 e. The van der Waals surface area contributed by atoms with E-state index in [0.29, 0.717) is 30.3 Å². The molecule has 2 aromatic carbocycles. The first-order valence-corrected chi connectivity index (χ1v) is 13.3. The van der Waals surface area contributed by atoms with Crippen molar-refractivity contribution in [2.45, 2.75) is 44.4 Å². The van der Waals surface area contributed by atoms with E-state index in [9.17, 15) is 18.3 Å². The van der Waals surface area contributed by atoms with Crippen molar-refractivity contribution in [3.63, 3.8) is 0 Å². The molecule has 0 saturated heterocycles. The molecule has 1 heterocycles. The minimum absolute atomic E-state index is 0.160. The fourth-order valence-corrected chi connectivity index (χ4v) is 5.76. The van der Waals surface area contributed by atoms with E-state index in [1.807, 2.05) is 25.3 Å². The molecule has 2 N–H and O–H groups in total. The van der Waals surface area contributed by atoms with E-state index in [4.69, 9.17) is 0 Å². The lowest BCUT2D eigenvalue weighted by atomic mass is 10.1. The molecule has 0 atom stereocenters. The lowest BCUT2D eigenvalue weighted by Gasteiger charge is -2.21. The van der Waals surface area contributed by atoms with Crippen molar-refractivity contribution in [1.29, 1.82) is 0 Å². The third kappa shape index (κ3) is 6.63. The molecule has 33 heavy (non-hydrogen) atoms. The van der Waals surface area contributed by atoms with Crippen LogP contribution in [-0.2, 0) is 21.2 Å². The van der Waals surface area contributed by atoms with Gasteiger partial charge in [0.05, 0.1) is 10.6 Å². The molecule has 0 saturated carbocycles. The molecule has 3 rings (SSSR count). The van der Waals surface area contributed by atoms with Crippen LogP contribution in [0.3, 0.4) is 0 Å². The predicted octanol–water partition coefficient (Wildman–Crippen LogP) is 4.90. The van der Waals surface area contributed by atoms with E-state index in [-0.39, 0.29) is 23.0 Å². The van der Waals surface area contributed by atoms with Crippen molar-refractivity contribution in [2.24, 2.45) is 0 Å². The molecule has 0 aliphatic heterocycles. The van der Waals surface area contributed by atoms with Gasteiger partial charge in [-0.05, 0) is 49.1 Å². The van der Waals surface area contributed by atoms with Gasteiger partial charge < -0.3 is 10.4 Å². The highest BCUT2D eigenvalue weighted by Crippen LogP contribution is 2.27. The van der Waals surface area contributed by atoms with Crippen molar-refractivity contribution in [2.75, 3.05) is 18.4 Å². The maximum Gasteiger partial charge on any atom is 0.243 e. The number of aromatic hydroxyl groups is 1. The number of thiazole rings is 1. The number of anilines is 1. The van der Waals surface area contributed by atoms with Crippen molar-refractivity contribution in [1.82, 2.24) is 9.29 Å². The number of rotatable bonds is 11. The fraction of sp³-hybridized carbons (Fsp3) is 0.333. The molecule has 1 aromatic heterocycles. The number of phenolic OH excluding ortho intramolecular Hbond substituents is 1. The highest BCUT2D eigenvalue weighted by atomic mass is 32.2. The Morgan fingerprint density at radius 1 is 1.09 bits per heavy atom. The maximum atomic E-state index is 12.9. The number of phenols is 1. The van der Waals surface area contributed by atoms with E-state index in [0.717, 1.165) is 24.0 Å². The molecule has 0 radical (unpaired) electrons. The van der Waals surface area contributed by atoms with Gasteiger partial charge in [0.1, 0.15) is 5.75 Å². The van der Waals surface area contributed by atoms with E-state index in [1.165, 1.54) is 15.6 Å². The second kappa shape index (κ2) is 11.4. The number of nitrogens with one attached hydrogen (secondary N) is 1. The van der Waals surface area contributed by atoms with E-state index < -0.39 is 10.0 Å². The number of carbonyl (C=O) groups is 1. The van der Waals surface area contributed by atoms with Gasteiger partial charge in [-0.1, -0.05) is 38.1 Å². The van der Waals surface area contributed by atoms with Crippen LogP contribution in [0.15, 0.2) is 58.8 Å². The molecular weight excluding hydrogens is 458 g/mol. The molecule has 0 bridgehead atoms. The van der Waals surface area contributed by atoms with Crippen molar-refractivity contribution in [3.8, 4) is 17.0 Å². The topological polar surface area (TPSA) is 99.6 Å². The summed E-state index contributed by atoms with van der Waals surface area (Å²) in [5.74, 6) is -0.00564. The Hall–Kier alpha value is -2.75. The Morgan fingerprint density at radius 3 is 2.42 bits per heavy atom. The van der Waals surface area contributed by atoms with E-state index in [1.54, 1.807) is 42.5 Å². The lowest BCUT2D eigenvalue weighted by Crippen LogP contribution is -2.32. The van der Waals surface area contributed by atoms with Gasteiger partial charge in [0, 0.05) is 30.5 Å². The summed E-state index contributed by atoms with van der Waals surface area (Å²) >= 11 is 1.32. The summed E-state index contributed by atoms with van der Waals surface area (Å²) in [5, 5.41) is 14.7. The second-order valence-corrected chi connectivity index (χ2v) is 10.5. The molecule has 176 valence electrons. The largest absolute Gasteiger partial charge is 0.508 e. The molecule has 0 aliphatic rings. The number of benzene rings is 2. The SMILES string of the molecule is CCCN(CCC)S(=O)(=O)c1ccc(CCC(=O)Nc2nc(-c3cccc(O)c3)cs2)cc1. The first-order valence-electron chi connectivity index (χ1n) is 11.0. The maximum absolute atomic E-state index is 12.9. The van der Waals surface area contributed by atoms with Crippen LogP contribution >= 0.6 is 11.3 Å². The number of hydrogen-bond acceptors (Lipinski definition) is 6. The van der Waals surface area contributed by atoms with Crippen LogP contribution in [0.1, 0.15) is 38.7 Å². The summed E-state index contributed by atoms with van der Waals surface area (Å²) in [6, 6.07) is 13.5. The predicted molar refractivity (Wildman–Crippen MR) is 132 cm³/mol. The van der Waals surface area contributed by atoms with Crippen LogP contribution in [0.4, 0.5) is 5.13 Å². The first-order chi connectivity index (χ1) is 15.8. The normalized spacial score (nSPS) is 11.6. The molecule has 0 fully saturated rings. The Morgan fingerprint density at radius 2 is 1.79 bits per heavy atom. The quantitative estimate of drug-likeness (QED) is 0.401. The first kappa shape index (κ1) is 24.9. The van der Waals surface area contributed by atoms with Crippen molar-refractivity contribution < 1.29 is 18.3 Å². The van der Waals surface area contributed by atoms with Crippen LogP contribution in [0.5, 0.6) is 5.75 Å². The number of carbonyl (C=O) groups excluding carboxylic acids is 1.